The van der Waals surface area contributed by atoms with Crippen LogP contribution >= 0.6 is 11.6 Å². The number of hydrogen-bond donors (Lipinski definition) is 0. The van der Waals surface area contributed by atoms with Crippen LogP contribution in [0.3, 0.4) is 0 Å². The number of aromatic nitrogens is 2. The van der Waals surface area contributed by atoms with Crippen LogP contribution in [0.1, 0.15) is 18.5 Å². The van der Waals surface area contributed by atoms with Gasteiger partial charge in [0.2, 0.25) is 0 Å². The van der Waals surface area contributed by atoms with Gasteiger partial charge >= 0.3 is 0 Å². The first-order valence-corrected chi connectivity index (χ1v) is 3.49. The summed E-state index contributed by atoms with van der Waals surface area (Å²) in [6, 6.07) is 2.04. The van der Waals surface area contributed by atoms with Gasteiger partial charge < -0.3 is 0 Å². The topological polar surface area (TPSA) is 49.6 Å². The maximum Gasteiger partial charge on any atom is 0.151 e. The Morgan fingerprint density at radius 2 is 2.18 bits per heavy atom. The fourth-order valence-corrected chi connectivity index (χ4v) is 0.952. The first-order valence-electron chi connectivity index (χ1n) is 3.11. The predicted molar refractivity (Wildman–Crippen MR) is 41.1 cm³/mol. The van der Waals surface area contributed by atoms with Crippen molar-refractivity contribution < 1.29 is 0 Å². The fourth-order valence-electron chi connectivity index (χ4n) is 0.683. The highest BCUT2D eigenvalue weighted by atomic mass is 35.5. The summed E-state index contributed by atoms with van der Waals surface area (Å²) in [6.07, 6.45) is 3.02. The first kappa shape index (κ1) is 7.96. The number of nitriles is 1. The number of rotatable bonds is 1. The van der Waals surface area contributed by atoms with E-state index < -0.39 is 0 Å². The normalized spacial score (nSPS) is 12.1. The molecular formula is C7H6ClN3. The highest BCUT2D eigenvalue weighted by Gasteiger charge is 2.09. The van der Waals surface area contributed by atoms with Crippen molar-refractivity contribution in [2.75, 3.05) is 0 Å². The zero-order valence-electron chi connectivity index (χ0n) is 5.95. The SMILES string of the molecule is CC(C#N)c1nccnc1Cl. The van der Waals surface area contributed by atoms with Crippen LogP contribution in [0, 0.1) is 11.3 Å². The van der Waals surface area contributed by atoms with E-state index in [2.05, 4.69) is 9.97 Å². The highest BCUT2D eigenvalue weighted by molar-refractivity contribution is 6.30. The van der Waals surface area contributed by atoms with Gasteiger partial charge in [0.15, 0.2) is 5.15 Å². The van der Waals surface area contributed by atoms with Gasteiger partial charge in [0.1, 0.15) is 0 Å². The molecule has 0 bridgehead atoms. The quantitative estimate of drug-likeness (QED) is 0.641. The molecule has 0 aliphatic rings. The molecule has 0 fully saturated rings. The average molecular weight is 168 g/mol. The van der Waals surface area contributed by atoms with Crippen molar-refractivity contribution in [1.82, 2.24) is 9.97 Å². The Balaban J connectivity index is 3.05. The fraction of sp³-hybridized carbons (Fsp3) is 0.286. The first-order chi connectivity index (χ1) is 5.25. The molecule has 0 aromatic carbocycles. The maximum absolute atomic E-state index is 8.54. The van der Waals surface area contributed by atoms with Crippen molar-refractivity contribution in [2.24, 2.45) is 0 Å². The molecule has 0 spiro atoms. The van der Waals surface area contributed by atoms with Crippen LogP contribution in [0.15, 0.2) is 12.4 Å². The molecule has 3 nitrogen and oxygen atoms in total. The van der Waals surface area contributed by atoms with Crippen molar-refractivity contribution >= 4 is 11.6 Å². The smallest absolute Gasteiger partial charge is 0.151 e. The molecule has 0 radical (unpaired) electrons. The molecule has 0 amide bonds. The molecule has 4 heteroatoms. The van der Waals surface area contributed by atoms with Gasteiger partial charge in [-0.2, -0.15) is 5.26 Å². The molecule has 56 valence electrons. The van der Waals surface area contributed by atoms with Crippen LogP contribution in [0.4, 0.5) is 0 Å². The van der Waals surface area contributed by atoms with Crippen molar-refractivity contribution in [2.45, 2.75) is 12.8 Å². The summed E-state index contributed by atoms with van der Waals surface area (Å²) < 4.78 is 0. The highest BCUT2D eigenvalue weighted by Crippen LogP contribution is 2.17. The summed E-state index contributed by atoms with van der Waals surface area (Å²) in [7, 11) is 0. The van der Waals surface area contributed by atoms with Crippen LogP contribution < -0.4 is 0 Å². The van der Waals surface area contributed by atoms with E-state index in [-0.39, 0.29) is 5.92 Å². The standard InChI is InChI=1S/C7H6ClN3/c1-5(4-9)6-7(8)11-3-2-10-6/h2-3,5H,1H3. The zero-order chi connectivity index (χ0) is 8.27. The van der Waals surface area contributed by atoms with Gasteiger partial charge in [-0.1, -0.05) is 11.6 Å². The molecule has 0 saturated carbocycles. The minimum atomic E-state index is -0.295. The molecule has 0 N–H and O–H groups in total. The van der Waals surface area contributed by atoms with E-state index in [9.17, 15) is 0 Å². The van der Waals surface area contributed by atoms with Crippen LogP contribution in [-0.2, 0) is 0 Å². The van der Waals surface area contributed by atoms with E-state index in [1.54, 1.807) is 6.92 Å². The van der Waals surface area contributed by atoms with Gasteiger partial charge in [-0.05, 0) is 6.92 Å². The lowest BCUT2D eigenvalue weighted by molar-refractivity contribution is 0.902. The van der Waals surface area contributed by atoms with Crippen molar-refractivity contribution in [3.8, 4) is 6.07 Å². The minimum absolute atomic E-state index is 0.295. The molecular weight excluding hydrogens is 162 g/mol. The lowest BCUT2D eigenvalue weighted by Crippen LogP contribution is -1.96. The van der Waals surface area contributed by atoms with Crippen molar-refractivity contribution in [3.05, 3.63) is 23.2 Å². The van der Waals surface area contributed by atoms with Gasteiger partial charge in [0.25, 0.3) is 0 Å². The summed E-state index contributed by atoms with van der Waals surface area (Å²) in [5.41, 5.74) is 0.539. The molecule has 1 aromatic heterocycles. The maximum atomic E-state index is 8.54. The van der Waals surface area contributed by atoms with Gasteiger partial charge in [-0.3, -0.25) is 4.98 Å². The van der Waals surface area contributed by atoms with Crippen LogP contribution in [0.25, 0.3) is 0 Å². The van der Waals surface area contributed by atoms with E-state index in [4.69, 9.17) is 16.9 Å². The molecule has 1 rings (SSSR count). The second kappa shape index (κ2) is 3.31. The molecule has 1 aromatic rings. The Morgan fingerprint density at radius 3 is 2.73 bits per heavy atom. The number of halogens is 1. The predicted octanol–water partition coefficient (Wildman–Crippen LogP) is 1.76. The Kier molecular flexibility index (Phi) is 2.40. The third-order valence-corrected chi connectivity index (χ3v) is 1.57. The molecule has 0 saturated heterocycles. The van der Waals surface area contributed by atoms with Crippen LogP contribution in [-0.4, -0.2) is 9.97 Å². The minimum Gasteiger partial charge on any atom is -0.255 e. The van der Waals surface area contributed by atoms with E-state index >= 15 is 0 Å². The van der Waals surface area contributed by atoms with E-state index in [0.717, 1.165) is 0 Å². The van der Waals surface area contributed by atoms with Crippen molar-refractivity contribution in [3.63, 3.8) is 0 Å². The Bertz CT molecular complexity index is 292. The van der Waals surface area contributed by atoms with Gasteiger partial charge in [-0.25, -0.2) is 4.98 Å². The Morgan fingerprint density at radius 1 is 1.55 bits per heavy atom. The Hall–Kier alpha value is -1.14. The summed E-state index contributed by atoms with van der Waals surface area (Å²) in [4.78, 5) is 7.73. The number of nitrogens with zero attached hydrogens (tertiary/aromatic N) is 3. The third kappa shape index (κ3) is 1.66. The van der Waals surface area contributed by atoms with E-state index in [0.29, 0.717) is 10.8 Å². The second-order valence-electron chi connectivity index (χ2n) is 2.08. The molecule has 11 heavy (non-hydrogen) atoms. The van der Waals surface area contributed by atoms with Crippen LogP contribution in [0.5, 0.6) is 0 Å². The van der Waals surface area contributed by atoms with E-state index in [1.807, 2.05) is 6.07 Å². The molecule has 0 aliphatic carbocycles. The lowest BCUT2D eigenvalue weighted by atomic mass is 10.1. The summed E-state index contributed by atoms with van der Waals surface area (Å²) in [6.45, 7) is 1.73. The van der Waals surface area contributed by atoms with Crippen molar-refractivity contribution in [1.29, 1.82) is 5.26 Å². The molecule has 1 unspecified atom stereocenters. The van der Waals surface area contributed by atoms with Gasteiger partial charge in [-0.15, -0.1) is 0 Å². The van der Waals surface area contributed by atoms with E-state index in [1.165, 1.54) is 12.4 Å². The molecule has 1 heterocycles. The summed E-state index contributed by atoms with van der Waals surface area (Å²) >= 11 is 5.67. The van der Waals surface area contributed by atoms with Crippen LogP contribution in [0.2, 0.25) is 5.15 Å². The second-order valence-corrected chi connectivity index (χ2v) is 2.44. The van der Waals surface area contributed by atoms with Gasteiger partial charge in [0, 0.05) is 12.4 Å². The van der Waals surface area contributed by atoms with Gasteiger partial charge in [0.05, 0.1) is 17.7 Å². The number of hydrogen-bond acceptors (Lipinski definition) is 3. The summed E-state index contributed by atoms with van der Waals surface area (Å²) in [5, 5.41) is 8.84. The monoisotopic (exact) mass is 167 g/mol. The molecule has 1 atom stereocenters. The Labute approximate surface area is 69.7 Å². The largest absolute Gasteiger partial charge is 0.255 e. The molecule has 0 aliphatic heterocycles. The average Bonchev–Trinajstić information content (AvgIpc) is 2.04. The zero-order valence-corrected chi connectivity index (χ0v) is 6.71. The third-order valence-electron chi connectivity index (χ3n) is 1.28. The lowest BCUT2D eigenvalue weighted by Gasteiger charge is -2.00. The summed E-state index contributed by atoms with van der Waals surface area (Å²) in [5.74, 6) is -0.295.